The van der Waals surface area contributed by atoms with Crippen molar-refractivity contribution in [2.75, 3.05) is 0 Å². The number of halogens is 1. The van der Waals surface area contributed by atoms with Gasteiger partial charge < -0.3 is 10.1 Å². The van der Waals surface area contributed by atoms with Crippen LogP contribution in [0.4, 0.5) is 4.79 Å². The minimum Gasteiger partial charge on any atom is -0.444 e. The summed E-state index contributed by atoms with van der Waals surface area (Å²) >= 11 is 0. The molecule has 1 amide bonds. The topological polar surface area (TPSA) is 76.4 Å². The second-order valence-corrected chi connectivity index (χ2v) is 4.68. The highest BCUT2D eigenvalue weighted by molar-refractivity contribution is 5.85. The second-order valence-electron chi connectivity index (χ2n) is 4.68. The van der Waals surface area contributed by atoms with Crippen molar-refractivity contribution in [3.63, 3.8) is 0 Å². The van der Waals surface area contributed by atoms with Gasteiger partial charge in [0.15, 0.2) is 0 Å². The van der Waals surface area contributed by atoms with Gasteiger partial charge in [0.05, 0.1) is 0 Å². The summed E-state index contributed by atoms with van der Waals surface area (Å²) in [6.45, 7) is 5.53. The number of carbonyl (C=O) groups excluding carboxylic acids is 1. The van der Waals surface area contributed by atoms with Crippen LogP contribution in [0, 0.1) is 0 Å². The van der Waals surface area contributed by atoms with Gasteiger partial charge in [0.2, 0.25) is 0 Å². The fourth-order valence-electron chi connectivity index (χ4n) is 1.35. The number of nitrogens with one attached hydrogen (secondary N) is 2. The summed E-state index contributed by atoms with van der Waals surface area (Å²) in [5.74, 6) is 5.23. The van der Waals surface area contributed by atoms with Crippen molar-refractivity contribution < 1.29 is 9.53 Å². The highest BCUT2D eigenvalue weighted by Crippen LogP contribution is 2.19. The van der Waals surface area contributed by atoms with Crippen LogP contribution in [0.5, 0.6) is 0 Å². The molecule has 5 nitrogen and oxygen atoms in total. The molecule has 1 saturated carbocycles. The maximum atomic E-state index is 11.3. The summed E-state index contributed by atoms with van der Waals surface area (Å²) in [4.78, 5) is 11.3. The molecule has 0 aromatic carbocycles. The summed E-state index contributed by atoms with van der Waals surface area (Å²) in [6, 6.07) is 0.529. The molecule has 90 valence electrons. The summed E-state index contributed by atoms with van der Waals surface area (Å²) in [7, 11) is 0. The van der Waals surface area contributed by atoms with E-state index < -0.39 is 5.60 Å². The molecule has 0 aliphatic heterocycles. The van der Waals surface area contributed by atoms with Crippen LogP contribution in [0.25, 0.3) is 0 Å². The van der Waals surface area contributed by atoms with E-state index in [1.807, 2.05) is 20.8 Å². The maximum Gasteiger partial charge on any atom is 0.407 e. The van der Waals surface area contributed by atoms with Crippen LogP contribution in [0.3, 0.4) is 0 Å². The monoisotopic (exact) mass is 237 g/mol. The molecule has 0 spiro atoms. The summed E-state index contributed by atoms with van der Waals surface area (Å²) in [5.41, 5.74) is 2.23. The largest absolute Gasteiger partial charge is 0.444 e. The van der Waals surface area contributed by atoms with E-state index >= 15 is 0 Å². The van der Waals surface area contributed by atoms with Gasteiger partial charge in [-0.1, -0.05) is 0 Å². The van der Waals surface area contributed by atoms with Gasteiger partial charge in [0, 0.05) is 12.1 Å². The van der Waals surface area contributed by atoms with Gasteiger partial charge >= 0.3 is 6.09 Å². The van der Waals surface area contributed by atoms with Gasteiger partial charge in [-0.15, -0.1) is 12.4 Å². The minimum atomic E-state index is -0.431. The van der Waals surface area contributed by atoms with Crippen molar-refractivity contribution >= 4 is 18.5 Å². The van der Waals surface area contributed by atoms with E-state index in [0.29, 0.717) is 6.04 Å². The first-order valence-electron chi connectivity index (χ1n) is 4.86. The molecule has 0 aromatic heterocycles. The Bertz CT molecular complexity index is 212. The van der Waals surface area contributed by atoms with Gasteiger partial charge in [0.1, 0.15) is 5.60 Å². The van der Waals surface area contributed by atoms with E-state index in [9.17, 15) is 4.79 Å². The number of amides is 1. The molecule has 6 heteroatoms. The lowest BCUT2D eigenvalue weighted by atomic mass is 9.87. The number of alkyl carbamates (subject to hydrolysis) is 1. The van der Waals surface area contributed by atoms with E-state index in [0.717, 1.165) is 12.8 Å². The molecule has 0 saturated heterocycles. The van der Waals surface area contributed by atoms with E-state index in [2.05, 4.69) is 10.7 Å². The molecule has 15 heavy (non-hydrogen) atoms. The van der Waals surface area contributed by atoms with E-state index in [1.54, 1.807) is 0 Å². The van der Waals surface area contributed by atoms with Crippen molar-refractivity contribution in [3.05, 3.63) is 0 Å². The first-order valence-corrected chi connectivity index (χ1v) is 4.86. The number of nitrogens with two attached hydrogens (primary N) is 1. The van der Waals surface area contributed by atoms with Gasteiger partial charge in [0.25, 0.3) is 0 Å². The molecule has 4 N–H and O–H groups in total. The third-order valence-corrected chi connectivity index (χ3v) is 2.09. The number of hydrogen-bond donors (Lipinski definition) is 3. The van der Waals surface area contributed by atoms with Crippen LogP contribution in [-0.2, 0) is 4.74 Å². The number of carbonyl (C=O) groups is 1. The zero-order valence-electron chi connectivity index (χ0n) is 9.37. The van der Waals surface area contributed by atoms with Crippen LogP contribution in [0.15, 0.2) is 0 Å². The highest BCUT2D eigenvalue weighted by Gasteiger charge is 2.30. The second kappa shape index (κ2) is 5.53. The van der Waals surface area contributed by atoms with E-state index in [-0.39, 0.29) is 24.5 Å². The van der Waals surface area contributed by atoms with Gasteiger partial charge in [-0.2, -0.15) is 0 Å². The van der Waals surface area contributed by atoms with Crippen molar-refractivity contribution in [2.24, 2.45) is 5.84 Å². The molecule has 1 aliphatic rings. The van der Waals surface area contributed by atoms with Crippen molar-refractivity contribution in [1.29, 1.82) is 0 Å². The first kappa shape index (κ1) is 14.5. The van der Waals surface area contributed by atoms with Crippen LogP contribution in [0.2, 0.25) is 0 Å². The lowest BCUT2D eigenvalue weighted by Crippen LogP contribution is -2.54. The SMILES string of the molecule is CC(C)(C)OC(=O)NC1CC(NN)C1.Cl. The fourth-order valence-corrected chi connectivity index (χ4v) is 1.35. The van der Waals surface area contributed by atoms with Crippen molar-refractivity contribution in [2.45, 2.75) is 51.3 Å². The summed E-state index contributed by atoms with van der Waals surface area (Å²) < 4.78 is 5.11. The zero-order valence-corrected chi connectivity index (χ0v) is 10.2. The Morgan fingerprint density at radius 2 is 1.87 bits per heavy atom. The highest BCUT2D eigenvalue weighted by atomic mass is 35.5. The average Bonchev–Trinajstić information content (AvgIpc) is 1.91. The molecule has 0 radical (unpaired) electrons. The smallest absolute Gasteiger partial charge is 0.407 e. The minimum absolute atomic E-state index is 0. The van der Waals surface area contributed by atoms with E-state index in [4.69, 9.17) is 10.6 Å². The Labute approximate surface area is 96.5 Å². The molecule has 0 heterocycles. The molecular formula is C9H20ClN3O2. The molecule has 1 rings (SSSR count). The Kier molecular flexibility index (Phi) is 5.34. The van der Waals surface area contributed by atoms with Gasteiger partial charge in [-0.05, 0) is 33.6 Å². The van der Waals surface area contributed by atoms with E-state index in [1.165, 1.54) is 0 Å². The molecule has 0 atom stereocenters. The van der Waals surface area contributed by atoms with Gasteiger partial charge in [-0.3, -0.25) is 11.3 Å². The van der Waals surface area contributed by atoms with Crippen LogP contribution < -0.4 is 16.6 Å². The maximum absolute atomic E-state index is 11.3. The van der Waals surface area contributed by atoms with Gasteiger partial charge in [-0.25, -0.2) is 4.79 Å². The zero-order chi connectivity index (χ0) is 10.8. The van der Waals surface area contributed by atoms with Crippen LogP contribution in [-0.4, -0.2) is 23.8 Å². The Balaban J connectivity index is 0.00000196. The first-order chi connectivity index (χ1) is 6.40. The fraction of sp³-hybridized carbons (Fsp3) is 0.889. The number of hydrazine groups is 1. The molecule has 0 bridgehead atoms. The van der Waals surface area contributed by atoms with Crippen molar-refractivity contribution in [3.8, 4) is 0 Å². The summed E-state index contributed by atoms with van der Waals surface area (Å²) in [5, 5.41) is 2.78. The van der Waals surface area contributed by atoms with Crippen LogP contribution in [0.1, 0.15) is 33.6 Å². The van der Waals surface area contributed by atoms with Crippen LogP contribution >= 0.6 is 12.4 Å². The third-order valence-electron chi connectivity index (χ3n) is 2.09. The Hall–Kier alpha value is -0.520. The average molecular weight is 238 g/mol. The quantitative estimate of drug-likeness (QED) is 0.493. The molecule has 1 fully saturated rings. The lowest BCUT2D eigenvalue weighted by Gasteiger charge is -2.35. The molecular weight excluding hydrogens is 218 g/mol. The third kappa shape index (κ3) is 5.20. The normalized spacial score (nSPS) is 24.8. The predicted octanol–water partition coefficient (Wildman–Crippen LogP) is 0.927. The Morgan fingerprint density at radius 1 is 1.33 bits per heavy atom. The standard InChI is InChI=1S/C9H19N3O2.ClH/c1-9(2,3)14-8(13)11-6-4-7(5-6)12-10;/h6-7,12H,4-5,10H2,1-3H3,(H,11,13);1H. The number of ether oxygens (including phenoxy) is 1. The van der Waals surface area contributed by atoms with Crippen molar-refractivity contribution in [1.82, 2.24) is 10.7 Å². The Morgan fingerprint density at radius 3 is 2.27 bits per heavy atom. The number of rotatable bonds is 2. The predicted molar refractivity (Wildman–Crippen MR) is 60.8 cm³/mol. The lowest BCUT2D eigenvalue weighted by molar-refractivity contribution is 0.0465. The molecule has 0 aromatic rings. The number of hydrogen-bond acceptors (Lipinski definition) is 4. The molecule has 0 unspecified atom stereocenters. The molecule has 1 aliphatic carbocycles. The summed E-state index contributed by atoms with van der Waals surface area (Å²) in [6.07, 6.45) is 1.39.